The third-order valence-corrected chi connectivity index (χ3v) is 2.09. The molecule has 0 aliphatic heterocycles. The zero-order valence-corrected chi connectivity index (χ0v) is 8.91. The van der Waals surface area contributed by atoms with Crippen LogP contribution in [0.25, 0.3) is 11.6 Å². The molecule has 3 rings (SSSR count). The van der Waals surface area contributed by atoms with E-state index in [1.165, 1.54) is 0 Å². The van der Waals surface area contributed by atoms with Crippen LogP contribution in [0.3, 0.4) is 0 Å². The zero-order chi connectivity index (χ0) is 11.7. The van der Waals surface area contributed by atoms with Crippen molar-refractivity contribution >= 4 is 0 Å². The van der Waals surface area contributed by atoms with E-state index in [-0.39, 0.29) is 0 Å². The van der Waals surface area contributed by atoms with E-state index >= 15 is 0 Å². The monoisotopic (exact) mass is 232 g/mol. The predicted molar refractivity (Wildman–Crippen MR) is 53.7 cm³/mol. The number of aromatic amines is 1. The minimum Gasteiger partial charge on any atom is -0.340 e. The van der Waals surface area contributed by atoms with Crippen molar-refractivity contribution < 1.29 is 9.05 Å². The molecule has 17 heavy (non-hydrogen) atoms. The van der Waals surface area contributed by atoms with Gasteiger partial charge in [0.1, 0.15) is 5.69 Å². The molecule has 1 N–H and O–H groups in total. The second kappa shape index (κ2) is 3.81. The number of nitrogens with zero attached hydrogens (tertiary/aromatic N) is 5. The molecule has 0 saturated heterocycles. The molecule has 0 aliphatic carbocycles. The quantitative estimate of drug-likeness (QED) is 0.709. The summed E-state index contributed by atoms with van der Waals surface area (Å²) < 4.78 is 9.92. The number of hydrogen-bond acceptors (Lipinski definition) is 7. The summed E-state index contributed by atoms with van der Waals surface area (Å²) >= 11 is 0. The maximum Gasteiger partial charge on any atom is 0.275 e. The maximum atomic E-state index is 5.07. The van der Waals surface area contributed by atoms with E-state index in [0.29, 0.717) is 35.5 Å². The van der Waals surface area contributed by atoms with E-state index in [2.05, 4.69) is 30.5 Å². The first-order chi connectivity index (χ1) is 8.31. The zero-order valence-electron chi connectivity index (χ0n) is 8.91. The summed E-state index contributed by atoms with van der Waals surface area (Å²) in [6.45, 7) is 1.72. The molecule has 86 valence electrons. The minimum atomic E-state index is 0.370. The van der Waals surface area contributed by atoms with Crippen LogP contribution < -0.4 is 0 Å². The van der Waals surface area contributed by atoms with E-state index in [1.807, 2.05) is 0 Å². The Morgan fingerprint density at radius 1 is 1.18 bits per heavy atom. The van der Waals surface area contributed by atoms with Crippen molar-refractivity contribution in [1.82, 2.24) is 30.5 Å². The Hall–Kier alpha value is -2.51. The van der Waals surface area contributed by atoms with Crippen molar-refractivity contribution in [2.45, 2.75) is 13.3 Å². The molecule has 0 fully saturated rings. The molecule has 3 heterocycles. The van der Waals surface area contributed by atoms with Crippen LogP contribution >= 0.6 is 0 Å². The Labute approximate surface area is 95.0 Å². The van der Waals surface area contributed by atoms with Crippen molar-refractivity contribution in [3.8, 4) is 11.6 Å². The fourth-order valence-electron chi connectivity index (χ4n) is 1.36. The molecule has 0 saturated carbocycles. The van der Waals surface area contributed by atoms with Crippen molar-refractivity contribution in [3.63, 3.8) is 0 Å². The van der Waals surface area contributed by atoms with Gasteiger partial charge in [-0.25, -0.2) is 0 Å². The van der Waals surface area contributed by atoms with Crippen LogP contribution in [0.4, 0.5) is 0 Å². The molecule has 0 amide bonds. The number of aromatic nitrogens is 6. The van der Waals surface area contributed by atoms with Crippen LogP contribution in [0, 0.1) is 6.92 Å². The molecule has 8 nitrogen and oxygen atoms in total. The van der Waals surface area contributed by atoms with Gasteiger partial charge in [0.15, 0.2) is 11.6 Å². The van der Waals surface area contributed by atoms with Gasteiger partial charge >= 0.3 is 0 Å². The minimum absolute atomic E-state index is 0.370. The normalized spacial score (nSPS) is 10.9. The lowest BCUT2D eigenvalue weighted by molar-refractivity contribution is 0.387. The number of rotatable bonds is 3. The van der Waals surface area contributed by atoms with Crippen LogP contribution in [0.15, 0.2) is 21.3 Å². The summed E-state index contributed by atoms with van der Waals surface area (Å²) in [6, 6.07) is 1.75. The Kier molecular flexibility index (Phi) is 2.18. The Balaban J connectivity index is 1.81. The third kappa shape index (κ3) is 1.92. The van der Waals surface area contributed by atoms with Gasteiger partial charge in [0.05, 0.1) is 6.42 Å². The molecular weight excluding hydrogens is 224 g/mol. The predicted octanol–water partition coefficient (Wildman–Crippen LogP) is 0.742. The highest BCUT2D eigenvalue weighted by Crippen LogP contribution is 2.13. The van der Waals surface area contributed by atoms with Gasteiger partial charge in [0, 0.05) is 13.1 Å². The van der Waals surface area contributed by atoms with Crippen molar-refractivity contribution in [2.24, 2.45) is 0 Å². The molecule has 0 aliphatic rings. The first-order valence-corrected chi connectivity index (χ1v) is 4.93. The van der Waals surface area contributed by atoms with Gasteiger partial charge in [0.2, 0.25) is 5.89 Å². The summed E-state index contributed by atoms with van der Waals surface area (Å²) in [7, 11) is 0. The Bertz CT molecular complexity index is 611. The smallest absolute Gasteiger partial charge is 0.275 e. The van der Waals surface area contributed by atoms with Crippen LogP contribution in [0.1, 0.15) is 17.5 Å². The molecule has 8 heteroatoms. The highest BCUT2D eigenvalue weighted by Gasteiger charge is 2.12. The summed E-state index contributed by atoms with van der Waals surface area (Å²) in [4.78, 5) is 8.24. The average molecular weight is 232 g/mol. The summed E-state index contributed by atoms with van der Waals surface area (Å²) in [5.41, 5.74) is 0.674. The van der Waals surface area contributed by atoms with Crippen molar-refractivity contribution in [1.29, 1.82) is 0 Å². The first-order valence-electron chi connectivity index (χ1n) is 4.93. The molecule has 3 aromatic rings. The Morgan fingerprint density at radius 2 is 2.00 bits per heavy atom. The van der Waals surface area contributed by atoms with Gasteiger partial charge < -0.3 is 9.05 Å². The van der Waals surface area contributed by atoms with Crippen molar-refractivity contribution in [3.05, 3.63) is 29.8 Å². The molecule has 0 bridgehead atoms. The second-order valence-electron chi connectivity index (χ2n) is 3.39. The molecule has 0 radical (unpaired) electrons. The lowest BCUT2D eigenvalue weighted by Crippen LogP contribution is -1.93. The molecule has 0 aromatic carbocycles. The largest absolute Gasteiger partial charge is 0.340 e. The van der Waals surface area contributed by atoms with Crippen LogP contribution in [-0.2, 0) is 6.42 Å². The fraction of sp³-hybridized carbons (Fsp3) is 0.222. The average Bonchev–Trinajstić information content (AvgIpc) is 3.00. The number of hydrogen-bond donors (Lipinski definition) is 1. The van der Waals surface area contributed by atoms with E-state index < -0.39 is 0 Å². The van der Waals surface area contributed by atoms with E-state index in [0.717, 1.165) is 0 Å². The van der Waals surface area contributed by atoms with E-state index in [9.17, 15) is 0 Å². The SMILES string of the molecule is Cc1nc(Cc2noc(-c3ccn[nH]3)n2)no1. The molecule has 0 unspecified atom stereocenters. The van der Waals surface area contributed by atoms with Gasteiger partial charge in [-0.05, 0) is 6.07 Å². The number of H-pyrrole nitrogens is 1. The Morgan fingerprint density at radius 3 is 2.71 bits per heavy atom. The second-order valence-corrected chi connectivity index (χ2v) is 3.39. The molecule has 3 aromatic heterocycles. The summed E-state index contributed by atoms with van der Waals surface area (Å²) in [5.74, 6) is 1.92. The highest BCUT2D eigenvalue weighted by molar-refractivity contribution is 5.44. The topological polar surface area (TPSA) is 107 Å². The van der Waals surface area contributed by atoms with Gasteiger partial charge in [-0.3, -0.25) is 5.10 Å². The number of aryl methyl sites for hydroxylation is 1. The van der Waals surface area contributed by atoms with Crippen LogP contribution in [0.2, 0.25) is 0 Å². The molecular formula is C9H8N6O2. The molecule has 0 atom stereocenters. The van der Waals surface area contributed by atoms with Gasteiger partial charge in [-0.15, -0.1) is 0 Å². The van der Waals surface area contributed by atoms with Gasteiger partial charge in [0.25, 0.3) is 5.89 Å². The van der Waals surface area contributed by atoms with E-state index in [4.69, 9.17) is 9.05 Å². The van der Waals surface area contributed by atoms with Crippen LogP contribution in [0.5, 0.6) is 0 Å². The third-order valence-electron chi connectivity index (χ3n) is 2.09. The highest BCUT2D eigenvalue weighted by atomic mass is 16.5. The van der Waals surface area contributed by atoms with Crippen LogP contribution in [-0.4, -0.2) is 30.5 Å². The lowest BCUT2D eigenvalue weighted by atomic mass is 10.4. The number of nitrogens with one attached hydrogen (secondary N) is 1. The summed E-state index contributed by atoms with van der Waals surface area (Å²) in [5, 5.41) is 14.1. The van der Waals surface area contributed by atoms with Crippen molar-refractivity contribution in [2.75, 3.05) is 0 Å². The first kappa shape index (κ1) is 9.70. The standard InChI is InChI=1S/C9H8N6O2/c1-5-11-7(14-16-5)4-8-12-9(17-15-8)6-2-3-10-13-6/h2-3H,4H2,1H3,(H,10,13). The fourth-order valence-corrected chi connectivity index (χ4v) is 1.36. The van der Waals surface area contributed by atoms with E-state index in [1.54, 1.807) is 19.2 Å². The maximum absolute atomic E-state index is 5.07. The van der Waals surface area contributed by atoms with Gasteiger partial charge in [-0.2, -0.15) is 15.1 Å². The molecule has 0 spiro atoms. The van der Waals surface area contributed by atoms with Gasteiger partial charge in [-0.1, -0.05) is 10.3 Å². The lowest BCUT2D eigenvalue weighted by Gasteiger charge is -1.84. The summed E-state index contributed by atoms with van der Waals surface area (Å²) in [6.07, 6.45) is 1.98.